The van der Waals surface area contributed by atoms with Crippen molar-refractivity contribution in [1.82, 2.24) is 10.0 Å². The van der Waals surface area contributed by atoms with Gasteiger partial charge in [0.15, 0.2) is 0 Å². The van der Waals surface area contributed by atoms with E-state index in [0.29, 0.717) is 16.7 Å². The number of benzene rings is 1. The molecule has 0 aliphatic heterocycles. The third-order valence-electron chi connectivity index (χ3n) is 2.29. The van der Waals surface area contributed by atoms with Gasteiger partial charge >= 0.3 is 6.03 Å². The van der Waals surface area contributed by atoms with Crippen LogP contribution in [0.5, 0.6) is 0 Å². The normalized spacial score (nSPS) is 11.1. The molecule has 0 aliphatic rings. The van der Waals surface area contributed by atoms with Gasteiger partial charge in [-0.3, -0.25) is 0 Å². The highest BCUT2D eigenvalue weighted by molar-refractivity contribution is 9.10. The smallest absolute Gasteiger partial charge is 0.328 e. The molecule has 0 heterocycles. The molecule has 0 radical (unpaired) electrons. The number of rotatable bonds is 5. The van der Waals surface area contributed by atoms with Crippen LogP contribution in [0, 0.1) is 0 Å². The SMILES string of the molecule is CCCCNC(=O)NS(=O)(=O)c1ccc(N)cc1Br. The second-order valence-electron chi connectivity index (χ2n) is 3.90. The fourth-order valence-corrected chi connectivity index (χ4v) is 3.35. The maximum absolute atomic E-state index is 12.0. The second-order valence-corrected chi connectivity index (χ2v) is 6.41. The van der Waals surface area contributed by atoms with Gasteiger partial charge in [-0.25, -0.2) is 17.9 Å². The molecule has 0 bridgehead atoms. The molecule has 1 aromatic rings. The molecule has 8 heteroatoms. The number of urea groups is 1. The maximum Gasteiger partial charge on any atom is 0.328 e. The number of hydrogen-bond acceptors (Lipinski definition) is 4. The molecule has 0 atom stereocenters. The molecule has 0 aliphatic carbocycles. The van der Waals surface area contributed by atoms with Crippen molar-refractivity contribution in [2.24, 2.45) is 0 Å². The first-order valence-corrected chi connectivity index (χ1v) is 8.00. The van der Waals surface area contributed by atoms with Crippen LogP contribution < -0.4 is 15.8 Å². The van der Waals surface area contributed by atoms with E-state index in [0.717, 1.165) is 12.8 Å². The molecule has 0 saturated carbocycles. The van der Waals surface area contributed by atoms with Gasteiger partial charge in [0.1, 0.15) is 4.90 Å². The number of nitrogens with two attached hydrogens (primary N) is 1. The third kappa shape index (κ3) is 4.71. The summed E-state index contributed by atoms with van der Waals surface area (Å²) in [6.07, 6.45) is 1.70. The molecule has 0 unspecified atom stereocenters. The minimum absolute atomic E-state index is 0.0349. The van der Waals surface area contributed by atoms with Gasteiger partial charge in [0, 0.05) is 16.7 Å². The zero-order chi connectivity index (χ0) is 14.5. The Labute approximate surface area is 120 Å². The Morgan fingerprint density at radius 1 is 1.42 bits per heavy atom. The van der Waals surface area contributed by atoms with E-state index in [1.54, 1.807) is 0 Å². The molecular formula is C11H16BrN3O3S. The van der Waals surface area contributed by atoms with Gasteiger partial charge in [-0.15, -0.1) is 0 Å². The Bertz CT molecular complexity index is 560. The number of unbranched alkanes of at least 4 members (excludes halogenated alkanes) is 1. The molecule has 1 aromatic carbocycles. The number of carbonyl (C=O) groups is 1. The van der Waals surface area contributed by atoms with Crippen LogP contribution in [0.3, 0.4) is 0 Å². The summed E-state index contributed by atoms with van der Waals surface area (Å²) in [5, 5.41) is 2.47. The molecule has 6 nitrogen and oxygen atoms in total. The minimum atomic E-state index is -3.91. The molecule has 0 fully saturated rings. The summed E-state index contributed by atoms with van der Waals surface area (Å²) in [5.41, 5.74) is 5.96. The fraction of sp³-hybridized carbons (Fsp3) is 0.364. The van der Waals surface area contributed by atoms with Crippen LogP contribution in [0.15, 0.2) is 27.6 Å². The van der Waals surface area contributed by atoms with Crippen molar-refractivity contribution in [2.45, 2.75) is 24.7 Å². The van der Waals surface area contributed by atoms with Gasteiger partial charge in [0.2, 0.25) is 0 Å². The molecule has 19 heavy (non-hydrogen) atoms. The number of hydrogen-bond donors (Lipinski definition) is 3. The summed E-state index contributed by atoms with van der Waals surface area (Å²) in [6, 6.07) is 3.51. The standard InChI is InChI=1S/C11H16BrN3O3S/c1-2-3-6-14-11(16)15-19(17,18)10-5-4-8(13)7-9(10)12/h4-5,7H,2-3,6,13H2,1H3,(H2,14,15,16). The monoisotopic (exact) mass is 349 g/mol. The Hall–Kier alpha value is -1.28. The summed E-state index contributed by atoms with van der Waals surface area (Å²) in [5.74, 6) is 0. The lowest BCUT2D eigenvalue weighted by Crippen LogP contribution is -2.39. The van der Waals surface area contributed by atoms with Crippen molar-refractivity contribution in [3.63, 3.8) is 0 Å². The Balaban J connectivity index is 2.78. The van der Waals surface area contributed by atoms with Crippen LogP contribution in [0.25, 0.3) is 0 Å². The van der Waals surface area contributed by atoms with Crippen molar-refractivity contribution >= 4 is 37.7 Å². The van der Waals surface area contributed by atoms with E-state index < -0.39 is 16.1 Å². The van der Waals surface area contributed by atoms with Crippen LogP contribution in [0.1, 0.15) is 19.8 Å². The first kappa shape index (κ1) is 15.8. The number of carbonyl (C=O) groups excluding carboxylic acids is 1. The number of nitrogen functional groups attached to an aromatic ring is 1. The van der Waals surface area contributed by atoms with Crippen LogP contribution >= 0.6 is 15.9 Å². The van der Waals surface area contributed by atoms with E-state index >= 15 is 0 Å². The van der Waals surface area contributed by atoms with Gasteiger partial charge in [0.25, 0.3) is 10.0 Å². The first-order valence-electron chi connectivity index (χ1n) is 5.72. The predicted octanol–water partition coefficient (Wildman–Crippen LogP) is 1.82. The van der Waals surface area contributed by atoms with Gasteiger partial charge in [-0.05, 0) is 40.5 Å². The summed E-state index contributed by atoms with van der Waals surface area (Å²) < 4.78 is 26.2. The summed E-state index contributed by atoms with van der Waals surface area (Å²) in [4.78, 5) is 11.4. The van der Waals surface area contributed by atoms with Gasteiger partial charge in [-0.1, -0.05) is 13.3 Å². The lowest BCUT2D eigenvalue weighted by Gasteiger charge is -2.10. The molecular weight excluding hydrogens is 334 g/mol. The number of sulfonamides is 1. The molecule has 0 spiro atoms. The fourth-order valence-electron chi connectivity index (χ4n) is 1.33. The molecule has 4 N–H and O–H groups in total. The molecule has 106 valence electrons. The van der Waals surface area contributed by atoms with E-state index in [9.17, 15) is 13.2 Å². The third-order valence-corrected chi connectivity index (χ3v) is 4.60. The van der Waals surface area contributed by atoms with Crippen molar-refractivity contribution < 1.29 is 13.2 Å². The van der Waals surface area contributed by atoms with E-state index in [1.807, 2.05) is 11.6 Å². The highest BCUT2D eigenvalue weighted by atomic mass is 79.9. The average molecular weight is 350 g/mol. The van der Waals surface area contributed by atoms with E-state index in [1.165, 1.54) is 18.2 Å². The number of nitrogens with one attached hydrogen (secondary N) is 2. The predicted molar refractivity (Wildman–Crippen MR) is 77.2 cm³/mol. The van der Waals surface area contributed by atoms with Crippen molar-refractivity contribution in [1.29, 1.82) is 0 Å². The molecule has 2 amide bonds. The van der Waals surface area contributed by atoms with Crippen LogP contribution in [0.4, 0.5) is 10.5 Å². The largest absolute Gasteiger partial charge is 0.399 e. The van der Waals surface area contributed by atoms with Crippen LogP contribution in [-0.4, -0.2) is 21.0 Å². The summed E-state index contributed by atoms with van der Waals surface area (Å²) >= 11 is 3.11. The van der Waals surface area contributed by atoms with Gasteiger partial charge in [-0.2, -0.15) is 0 Å². The van der Waals surface area contributed by atoms with E-state index in [4.69, 9.17) is 5.73 Å². The van der Waals surface area contributed by atoms with Crippen molar-refractivity contribution in [3.05, 3.63) is 22.7 Å². The summed E-state index contributed by atoms with van der Waals surface area (Å²) in [7, 11) is -3.91. The Morgan fingerprint density at radius 2 is 2.11 bits per heavy atom. The zero-order valence-corrected chi connectivity index (χ0v) is 12.8. The average Bonchev–Trinajstić information content (AvgIpc) is 2.27. The second kappa shape index (κ2) is 6.76. The Kier molecular flexibility index (Phi) is 5.61. The number of halogens is 1. The van der Waals surface area contributed by atoms with Crippen LogP contribution in [-0.2, 0) is 10.0 Å². The topological polar surface area (TPSA) is 101 Å². The van der Waals surface area contributed by atoms with Crippen molar-refractivity contribution in [2.75, 3.05) is 12.3 Å². The summed E-state index contributed by atoms with van der Waals surface area (Å²) in [6.45, 7) is 2.41. The lowest BCUT2D eigenvalue weighted by molar-refractivity contribution is 0.245. The molecule has 0 aromatic heterocycles. The van der Waals surface area contributed by atoms with E-state index in [-0.39, 0.29) is 4.90 Å². The minimum Gasteiger partial charge on any atom is -0.399 e. The quantitative estimate of drug-likeness (QED) is 0.557. The Morgan fingerprint density at radius 3 is 2.68 bits per heavy atom. The maximum atomic E-state index is 12.0. The highest BCUT2D eigenvalue weighted by Crippen LogP contribution is 2.23. The number of anilines is 1. The number of amides is 2. The van der Waals surface area contributed by atoms with Crippen LogP contribution in [0.2, 0.25) is 0 Å². The van der Waals surface area contributed by atoms with Gasteiger partial charge < -0.3 is 11.1 Å². The molecule has 1 rings (SSSR count). The lowest BCUT2D eigenvalue weighted by atomic mass is 10.3. The zero-order valence-electron chi connectivity index (χ0n) is 10.4. The van der Waals surface area contributed by atoms with Crippen molar-refractivity contribution in [3.8, 4) is 0 Å². The van der Waals surface area contributed by atoms with Gasteiger partial charge in [0.05, 0.1) is 0 Å². The highest BCUT2D eigenvalue weighted by Gasteiger charge is 2.20. The van der Waals surface area contributed by atoms with E-state index in [2.05, 4.69) is 21.2 Å². The molecule has 0 saturated heterocycles. The first-order chi connectivity index (χ1) is 8.86.